The highest BCUT2D eigenvalue weighted by molar-refractivity contribution is 6.61. The third-order valence-corrected chi connectivity index (χ3v) is 10.1. The van der Waals surface area contributed by atoms with Gasteiger partial charge in [0.15, 0.2) is 0 Å². The second-order valence-electron chi connectivity index (χ2n) is 11.0. The summed E-state index contributed by atoms with van der Waals surface area (Å²) < 4.78 is 0. The Morgan fingerprint density at radius 3 is 1.62 bits per heavy atom. The highest BCUT2D eigenvalue weighted by Crippen LogP contribution is 2.36. The van der Waals surface area contributed by atoms with Gasteiger partial charge in [-0.2, -0.15) is 0 Å². The molecular formula is C33H56Si. The minimum atomic E-state index is -0.321. The van der Waals surface area contributed by atoms with Crippen LogP contribution in [0.3, 0.4) is 0 Å². The predicted molar refractivity (Wildman–Crippen MR) is 158 cm³/mol. The zero-order valence-corrected chi connectivity index (χ0v) is 24.6. The summed E-state index contributed by atoms with van der Waals surface area (Å²) in [6, 6.07) is 11.3. The molecule has 0 bridgehead atoms. The van der Waals surface area contributed by atoms with E-state index in [1.165, 1.54) is 122 Å². The first kappa shape index (κ1) is 29.1. The summed E-state index contributed by atoms with van der Waals surface area (Å²) in [5.74, 6) is 0.764. The molecule has 0 heterocycles. The average molecular weight is 481 g/mol. The Bertz CT molecular complexity index is 684. The van der Waals surface area contributed by atoms with E-state index in [1.54, 1.807) is 16.3 Å². The topological polar surface area (TPSA) is 0 Å². The first-order valence-electron chi connectivity index (χ1n) is 15.2. The van der Waals surface area contributed by atoms with Crippen molar-refractivity contribution in [1.29, 1.82) is 0 Å². The van der Waals surface area contributed by atoms with Gasteiger partial charge in [-0.05, 0) is 25.7 Å². The SMILES string of the molecule is CCCCCCCCCCCCCCCCCCC1C(C)=CC(CCC)=C1[SiH2]c1ccccc1. The summed E-state index contributed by atoms with van der Waals surface area (Å²) in [6.45, 7) is 7.04. The van der Waals surface area contributed by atoms with Gasteiger partial charge in [0.2, 0.25) is 0 Å². The van der Waals surface area contributed by atoms with Crippen LogP contribution in [0.5, 0.6) is 0 Å². The molecule has 192 valence electrons. The molecule has 2 rings (SSSR count). The summed E-state index contributed by atoms with van der Waals surface area (Å²) >= 11 is 0. The lowest BCUT2D eigenvalue weighted by molar-refractivity contribution is 0.519. The van der Waals surface area contributed by atoms with Gasteiger partial charge >= 0.3 is 0 Å². The number of hydrogen-bond donors (Lipinski definition) is 0. The number of benzene rings is 1. The Morgan fingerprint density at radius 2 is 1.12 bits per heavy atom. The van der Waals surface area contributed by atoms with Crippen LogP contribution in [0.1, 0.15) is 143 Å². The highest BCUT2D eigenvalue weighted by atomic mass is 28.2. The zero-order valence-electron chi connectivity index (χ0n) is 23.2. The van der Waals surface area contributed by atoms with E-state index >= 15 is 0 Å². The highest BCUT2D eigenvalue weighted by Gasteiger charge is 2.24. The van der Waals surface area contributed by atoms with E-state index in [2.05, 4.69) is 57.2 Å². The van der Waals surface area contributed by atoms with Gasteiger partial charge in [0, 0.05) is 0 Å². The molecule has 34 heavy (non-hydrogen) atoms. The van der Waals surface area contributed by atoms with E-state index < -0.39 is 0 Å². The first-order chi connectivity index (χ1) is 16.8. The molecule has 0 N–H and O–H groups in total. The van der Waals surface area contributed by atoms with Gasteiger partial charge in [-0.3, -0.25) is 0 Å². The van der Waals surface area contributed by atoms with Crippen molar-refractivity contribution in [2.45, 2.75) is 143 Å². The largest absolute Gasteiger partial charge is 0.0835 e. The maximum absolute atomic E-state index is 2.56. The normalized spacial score (nSPS) is 16.2. The zero-order chi connectivity index (χ0) is 24.3. The molecule has 0 spiro atoms. The summed E-state index contributed by atoms with van der Waals surface area (Å²) in [7, 11) is -0.321. The van der Waals surface area contributed by atoms with E-state index in [9.17, 15) is 0 Å². The summed E-state index contributed by atoms with van der Waals surface area (Å²) in [5, 5.41) is 3.48. The van der Waals surface area contributed by atoms with Crippen molar-refractivity contribution in [2.75, 3.05) is 0 Å². The maximum atomic E-state index is 2.56. The number of allylic oxidation sites excluding steroid dienone is 4. The number of rotatable bonds is 21. The van der Waals surface area contributed by atoms with Crippen LogP contribution in [0.25, 0.3) is 0 Å². The molecule has 1 aliphatic rings. The van der Waals surface area contributed by atoms with Crippen molar-refractivity contribution in [3.05, 3.63) is 52.8 Å². The van der Waals surface area contributed by atoms with Crippen molar-refractivity contribution in [3.63, 3.8) is 0 Å². The fourth-order valence-corrected chi connectivity index (χ4v) is 8.05. The quantitative estimate of drug-likeness (QED) is 0.121. The average Bonchev–Trinajstić information content (AvgIpc) is 3.13. The number of unbranched alkanes of at least 4 members (excludes halogenated alkanes) is 15. The second-order valence-corrected chi connectivity index (χ2v) is 12.9. The van der Waals surface area contributed by atoms with Gasteiger partial charge in [-0.15, -0.1) is 0 Å². The first-order valence-corrected chi connectivity index (χ1v) is 16.6. The van der Waals surface area contributed by atoms with Crippen LogP contribution in [0.4, 0.5) is 0 Å². The lowest BCUT2D eigenvalue weighted by atomic mass is 9.95. The molecule has 0 aliphatic heterocycles. The van der Waals surface area contributed by atoms with Crippen molar-refractivity contribution in [3.8, 4) is 0 Å². The molecule has 1 aromatic rings. The molecule has 1 aromatic carbocycles. The standard InChI is InChI=1S/C33H56Si/c1-4-6-7-8-9-10-11-12-13-14-15-16-17-18-19-23-27-32-29(3)28-30(24-5-2)33(32)34-31-25-21-20-22-26-31/h20-22,25-26,28,32H,4-19,23-24,27,34H2,1-3H3. The van der Waals surface area contributed by atoms with Crippen LogP contribution >= 0.6 is 0 Å². The molecule has 1 heteroatoms. The fraction of sp³-hybridized carbons (Fsp3) is 0.697. The van der Waals surface area contributed by atoms with Gasteiger partial charge in [0.25, 0.3) is 0 Å². The van der Waals surface area contributed by atoms with Crippen LogP contribution in [-0.2, 0) is 0 Å². The van der Waals surface area contributed by atoms with Crippen molar-refractivity contribution in [2.24, 2.45) is 5.92 Å². The van der Waals surface area contributed by atoms with Gasteiger partial charge in [-0.25, -0.2) is 0 Å². The molecule has 0 nitrogen and oxygen atoms in total. The van der Waals surface area contributed by atoms with Gasteiger partial charge in [0.1, 0.15) is 0 Å². The fourth-order valence-electron chi connectivity index (χ4n) is 5.82. The molecule has 0 aromatic heterocycles. The van der Waals surface area contributed by atoms with E-state index in [0.717, 1.165) is 5.92 Å². The Labute approximate surface area is 215 Å². The van der Waals surface area contributed by atoms with Crippen LogP contribution in [0.2, 0.25) is 0 Å². The van der Waals surface area contributed by atoms with E-state index in [-0.39, 0.29) is 9.52 Å². The molecule has 0 saturated carbocycles. The minimum absolute atomic E-state index is 0.321. The van der Waals surface area contributed by atoms with E-state index in [1.807, 2.05) is 5.20 Å². The van der Waals surface area contributed by atoms with Gasteiger partial charge in [0.05, 0.1) is 9.52 Å². The van der Waals surface area contributed by atoms with E-state index in [0.29, 0.717) is 0 Å². The molecule has 0 saturated heterocycles. The third kappa shape index (κ3) is 12.1. The monoisotopic (exact) mass is 480 g/mol. The van der Waals surface area contributed by atoms with Crippen molar-refractivity contribution in [1.82, 2.24) is 0 Å². The molecule has 0 amide bonds. The molecule has 1 atom stereocenters. The van der Waals surface area contributed by atoms with E-state index in [4.69, 9.17) is 0 Å². The molecule has 0 fully saturated rings. The Hall–Kier alpha value is -1.08. The van der Waals surface area contributed by atoms with Crippen molar-refractivity contribution >= 4 is 14.7 Å². The molecule has 1 unspecified atom stereocenters. The smallest absolute Gasteiger partial charge is 0.0725 e. The minimum Gasteiger partial charge on any atom is -0.0725 e. The Kier molecular flexibility index (Phi) is 16.4. The number of hydrogen-bond acceptors (Lipinski definition) is 0. The van der Waals surface area contributed by atoms with Crippen LogP contribution in [0.15, 0.2) is 52.8 Å². The lowest BCUT2D eigenvalue weighted by Crippen LogP contribution is -2.21. The van der Waals surface area contributed by atoms with Crippen molar-refractivity contribution < 1.29 is 0 Å². The summed E-state index contributed by atoms with van der Waals surface area (Å²) in [5.41, 5.74) is 3.36. The Morgan fingerprint density at radius 1 is 0.618 bits per heavy atom. The van der Waals surface area contributed by atoms with Gasteiger partial charge < -0.3 is 0 Å². The molecule has 1 aliphatic carbocycles. The Balaban J connectivity index is 1.52. The molecule has 0 radical (unpaired) electrons. The van der Waals surface area contributed by atoms with Crippen LogP contribution in [0, 0.1) is 5.92 Å². The summed E-state index contributed by atoms with van der Waals surface area (Å²) in [6.07, 6.45) is 29.8. The maximum Gasteiger partial charge on any atom is 0.0835 e. The second kappa shape index (κ2) is 19.1. The lowest BCUT2D eigenvalue weighted by Gasteiger charge is -2.19. The third-order valence-electron chi connectivity index (χ3n) is 7.89. The van der Waals surface area contributed by atoms with Crippen LogP contribution in [-0.4, -0.2) is 9.52 Å². The van der Waals surface area contributed by atoms with Crippen LogP contribution < -0.4 is 5.19 Å². The molecular weight excluding hydrogens is 424 g/mol. The van der Waals surface area contributed by atoms with Gasteiger partial charge in [-0.1, -0.05) is 181 Å². The summed E-state index contributed by atoms with van der Waals surface area (Å²) in [4.78, 5) is 0. The predicted octanol–water partition coefficient (Wildman–Crippen LogP) is 9.76.